The Bertz CT molecular complexity index is 548. The summed E-state index contributed by atoms with van der Waals surface area (Å²) in [6.07, 6.45) is 0. The molecule has 0 fully saturated rings. The van der Waals surface area contributed by atoms with E-state index in [0.717, 1.165) is 11.1 Å². The van der Waals surface area contributed by atoms with Gasteiger partial charge in [-0.05, 0) is 11.1 Å². The van der Waals surface area contributed by atoms with Crippen molar-refractivity contribution in [2.24, 2.45) is 0 Å². The SMILES string of the molecule is N#CC(CNC(CO)c1ccccc1)c1ccccc1. The summed E-state index contributed by atoms with van der Waals surface area (Å²) in [5.74, 6) is -0.214. The minimum absolute atomic E-state index is 0.0109. The quantitative estimate of drug-likeness (QED) is 0.845. The lowest BCUT2D eigenvalue weighted by Gasteiger charge is -2.19. The molecule has 20 heavy (non-hydrogen) atoms. The Hall–Kier alpha value is -2.15. The summed E-state index contributed by atoms with van der Waals surface area (Å²) < 4.78 is 0. The van der Waals surface area contributed by atoms with Crippen LogP contribution in [0.4, 0.5) is 0 Å². The third-order valence-corrected chi connectivity index (χ3v) is 3.31. The molecule has 0 aromatic heterocycles. The number of hydrogen-bond acceptors (Lipinski definition) is 3. The number of hydrogen-bond donors (Lipinski definition) is 2. The summed E-state index contributed by atoms with van der Waals surface area (Å²) in [6.45, 7) is 0.525. The molecule has 0 bridgehead atoms. The van der Waals surface area contributed by atoms with Crippen molar-refractivity contribution in [1.82, 2.24) is 5.32 Å². The summed E-state index contributed by atoms with van der Waals surface area (Å²) in [5, 5.41) is 22.0. The van der Waals surface area contributed by atoms with Crippen LogP contribution in [0.3, 0.4) is 0 Å². The molecule has 0 aliphatic rings. The number of benzene rings is 2. The minimum atomic E-state index is -0.214. The lowest BCUT2D eigenvalue weighted by Crippen LogP contribution is -2.28. The monoisotopic (exact) mass is 266 g/mol. The third-order valence-electron chi connectivity index (χ3n) is 3.31. The van der Waals surface area contributed by atoms with Crippen molar-refractivity contribution >= 4 is 0 Å². The number of aliphatic hydroxyl groups excluding tert-OH is 1. The van der Waals surface area contributed by atoms with Gasteiger partial charge in [-0.2, -0.15) is 5.26 Å². The molecule has 0 amide bonds. The molecule has 2 unspecified atom stereocenters. The van der Waals surface area contributed by atoms with Crippen LogP contribution in [0.1, 0.15) is 23.1 Å². The van der Waals surface area contributed by atoms with Gasteiger partial charge < -0.3 is 10.4 Å². The van der Waals surface area contributed by atoms with Crippen LogP contribution in [-0.4, -0.2) is 18.3 Å². The van der Waals surface area contributed by atoms with Crippen LogP contribution < -0.4 is 5.32 Å². The van der Waals surface area contributed by atoms with Gasteiger partial charge in [0.05, 0.1) is 24.6 Å². The summed E-state index contributed by atoms with van der Waals surface area (Å²) in [4.78, 5) is 0. The van der Waals surface area contributed by atoms with Crippen LogP contribution in [0.2, 0.25) is 0 Å². The molecule has 2 N–H and O–H groups in total. The summed E-state index contributed by atoms with van der Waals surface area (Å²) >= 11 is 0. The van der Waals surface area contributed by atoms with Crippen molar-refractivity contribution in [2.75, 3.05) is 13.2 Å². The molecule has 2 atom stereocenters. The van der Waals surface area contributed by atoms with Gasteiger partial charge in [-0.1, -0.05) is 60.7 Å². The highest BCUT2D eigenvalue weighted by molar-refractivity contribution is 5.25. The molecule has 3 nitrogen and oxygen atoms in total. The maximum absolute atomic E-state index is 9.49. The van der Waals surface area contributed by atoms with Crippen molar-refractivity contribution < 1.29 is 5.11 Å². The van der Waals surface area contributed by atoms with Crippen LogP contribution in [0.25, 0.3) is 0 Å². The van der Waals surface area contributed by atoms with Gasteiger partial charge in [0.15, 0.2) is 0 Å². The van der Waals surface area contributed by atoms with Crippen molar-refractivity contribution in [3.8, 4) is 6.07 Å². The Balaban J connectivity index is 2.01. The zero-order chi connectivity index (χ0) is 14.2. The van der Waals surface area contributed by atoms with Gasteiger partial charge in [0.25, 0.3) is 0 Å². The van der Waals surface area contributed by atoms with E-state index in [-0.39, 0.29) is 18.6 Å². The molecule has 0 spiro atoms. The normalized spacial score (nSPS) is 13.4. The molecule has 2 aromatic rings. The van der Waals surface area contributed by atoms with E-state index in [4.69, 9.17) is 0 Å². The molecule has 0 saturated heterocycles. The standard InChI is InChI=1S/C17H18N2O/c18-11-16(14-7-3-1-4-8-14)12-19-17(13-20)15-9-5-2-6-10-15/h1-10,16-17,19-20H,12-13H2. The van der Waals surface area contributed by atoms with Gasteiger partial charge in [0.2, 0.25) is 0 Å². The Morgan fingerprint density at radius 2 is 1.50 bits per heavy atom. The summed E-state index contributed by atoms with van der Waals surface area (Å²) in [5.41, 5.74) is 2.02. The second-order valence-electron chi connectivity index (χ2n) is 4.65. The maximum Gasteiger partial charge on any atom is 0.0837 e. The number of nitriles is 1. The van der Waals surface area contributed by atoms with E-state index in [1.54, 1.807) is 0 Å². The van der Waals surface area contributed by atoms with Crippen LogP contribution in [-0.2, 0) is 0 Å². The number of nitrogens with one attached hydrogen (secondary N) is 1. The largest absolute Gasteiger partial charge is 0.394 e. The van der Waals surface area contributed by atoms with E-state index in [0.29, 0.717) is 6.54 Å². The zero-order valence-electron chi connectivity index (χ0n) is 11.2. The highest BCUT2D eigenvalue weighted by Crippen LogP contribution is 2.16. The van der Waals surface area contributed by atoms with Gasteiger partial charge in [-0.25, -0.2) is 0 Å². The van der Waals surface area contributed by atoms with E-state index in [9.17, 15) is 10.4 Å². The Labute approximate surface area is 119 Å². The fraction of sp³-hybridized carbons (Fsp3) is 0.235. The van der Waals surface area contributed by atoms with E-state index in [1.807, 2.05) is 60.7 Å². The second-order valence-corrected chi connectivity index (χ2v) is 4.65. The van der Waals surface area contributed by atoms with Crippen molar-refractivity contribution in [3.05, 3.63) is 71.8 Å². The molecular formula is C17H18N2O. The summed E-state index contributed by atoms with van der Waals surface area (Å²) in [6, 6.07) is 21.6. The molecule has 0 aliphatic carbocycles. The van der Waals surface area contributed by atoms with Gasteiger partial charge >= 0.3 is 0 Å². The highest BCUT2D eigenvalue weighted by atomic mass is 16.3. The molecule has 0 heterocycles. The number of aliphatic hydroxyl groups is 1. The average molecular weight is 266 g/mol. The first-order valence-corrected chi connectivity index (χ1v) is 6.69. The van der Waals surface area contributed by atoms with Gasteiger partial charge in [-0.3, -0.25) is 0 Å². The van der Waals surface area contributed by atoms with Crippen molar-refractivity contribution in [1.29, 1.82) is 5.26 Å². The van der Waals surface area contributed by atoms with E-state index < -0.39 is 0 Å². The molecule has 0 aliphatic heterocycles. The lowest BCUT2D eigenvalue weighted by molar-refractivity contribution is 0.244. The van der Waals surface area contributed by atoms with E-state index in [2.05, 4.69) is 11.4 Å². The van der Waals surface area contributed by atoms with Gasteiger partial charge in [-0.15, -0.1) is 0 Å². The van der Waals surface area contributed by atoms with Crippen LogP contribution in [0.15, 0.2) is 60.7 Å². The Morgan fingerprint density at radius 3 is 2.00 bits per heavy atom. The predicted octanol–water partition coefficient (Wildman–Crippen LogP) is 2.62. The number of rotatable bonds is 6. The average Bonchev–Trinajstić information content (AvgIpc) is 2.53. The molecule has 2 rings (SSSR count). The maximum atomic E-state index is 9.49. The van der Waals surface area contributed by atoms with Gasteiger partial charge in [0, 0.05) is 6.54 Å². The first kappa shape index (κ1) is 14.3. The zero-order valence-corrected chi connectivity index (χ0v) is 11.2. The molecule has 0 radical (unpaired) electrons. The second kappa shape index (κ2) is 7.44. The highest BCUT2D eigenvalue weighted by Gasteiger charge is 2.14. The molecule has 2 aromatic carbocycles. The molecule has 0 saturated carbocycles. The molecular weight excluding hydrogens is 248 g/mol. The lowest BCUT2D eigenvalue weighted by atomic mass is 9.99. The van der Waals surface area contributed by atoms with Crippen LogP contribution >= 0.6 is 0 Å². The first-order valence-electron chi connectivity index (χ1n) is 6.69. The topological polar surface area (TPSA) is 56.0 Å². The van der Waals surface area contributed by atoms with Crippen LogP contribution in [0.5, 0.6) is 0 Å². The minimum Gasteiger partial charge on any atom is -0.394 e. The molecule has 3 heteroatoms. The fourth-order valence-electron chi connectivity index (χ4n) is 2.16. The van der Waals surface area contributed by atoms with E-state index in [1.165, 1.54) is 0 Å². The molecule has 102 valence electrons. The number of nitrogens with zero attached hydrogens (tertiary/aromatic N) is 1. The smallest absolute Gasteiger partial charge is 0.0837 e. The predicted molar refractivity (Wildman–Crippen MR) is 79.1 cm³/mol. The fourth-order valence-corrected chi connectivity index (χ4v) is 2.16. The summed E-state index contributed by atoms with van der Waals surface area (Å²) in [7, 11) is 0. The van der Waals surface area contributed by atoms with Crippen molar-refractivity contribution in [2.45, 2.75) is 12.0 Å². The van der Waals surface area contributed by atoms with Gasteiger partial charge in [0.1, 0.15) is 0 Å². The van der Waals surface area contributed by atoms with E-state index >= 15 is 0 Å². The van der Waals surface area contributed by atoms with Crippen LogP contribution in [0, 0.1) is 11.3 Å². The van der Waals surface area contributed by atoms with Crippen molar-refractivity contribution in [3.63, 3.8) is 0 Å². The Morgan fingerprint density at radius 1 is 0.950 bits per heavy atom. The third kappa shape index (κ3) is 3.67. The first-order chi connectivity index (χ1) is 9.85. The Kier molecular flexibility index (Phi) is 5.31.